The summed E-state index contributed by atoms with van der Waals surface area (Å²) in [5, 5.41) is 11.4. The molecule has 2 amide bonds. The molecule has 238 valence electrons. The number of carbonyl (C=O) groups excluding carboxylic acids is 2. The van der Waals surface area contributed by atoms with Gasteiger partial charge in [-0.3, -0.25) is 14.4 Å². The Labute approximate surface area is 266 Å². The molecule has 3 aromatic carbocycles. The summed E-state index contributed by atoms with van der Waals surface area (Å²) >= 11 is 0. The van der Waals surface area contributed by atoms with Crippen LogP contribution in [0, 0.1) is 5.92 Å². The first-order valence-corrected chi connectivity index (χ1v) is 17.8. The Morgan fingerprint density at radius 1 is 1.00 bits per heavy atom. The van der Waals surface area contributed by atoms with Crippen molar-refractivity contribution in [3.8, 4) is 0 Å². The highest BCUT2D eigenvalue weighted by Gasteiger charge is 2.52. The van der Waals surface area contributed by atoms with Crippen LogP contribution in [0.4, 0.5) is 0 Å². The first-order valence-electron chi connectivity index (χ1n) is 15.9. The molecule has 45 heavy (non-hydrogen) atoms. The molecule has 5 N–H and O–H groups in total. The van der Waals surface area contributed by atoms with Gasteiger partial charge in [0.1, 0.15) is 6.04 Å². The van der Waals surface area contributed by atoms with Gasteiger partial charge in [0.05, 0.1) is 6.10 Å². The minimum absolute atomic E-state index is 0.0130. The fraction of sp³-hybridized carbons (Fsp3) is 0.417. The Morgan fingerprint density at radius 3 is 2.18 bits per heavy atom. The summed E-state index contributed by atoms with van der Waals surface area (Å²) in [5.74, 6) is -1.83. The molecule has 0 bridgehead atoms. The van der Waals surface area contributed by atoms with Crippen LogP contribution in [-0.4, -0.2) is 54.3 Å². The van der Waals surface area contributed by atoms with E-state index in [1.54, 1.807) is 0 Å². The predicted molar refractivity (Wildman–Crippen MR) is 178 cm³/mol. The third-order valence-electron chi connectivity index (χ3n) is 9.62. The van der Waals surface area contributed by atoms with Gasteiger partial charge in [0.15, 0.2) is 0 Å². The summed E-state index contributed by atoms with van der Waals surface area (Å²) in [5.41, 5.74) is 15.1. The Balaban J connectivity index is 1.37. The maximum Gasteiger partial charge on any atom is 0.303 e. The fourth-order valence-electron chi connectivity index (χ4n) is 7.35. The molecule has 1 heterocycles. The summed E-state index contributed by atoms with van der Waals surface area (Å²) in [4.78, 5) is 37.8. The number of nitrogens with zero attached hydrogens (tertiary/aromatic N) is 1. The van der Waals surface area contributed by atoms with E-state index in [0.717, 1.165) is 36.8 Å². The van der Waals surface area contributed by atoms with Crippen molar-refractivity contribution in [1.82, 2.24) is 4.90 Å². The average molecular weight is 628 g/mol. The lowest BCUT2D eigenvalue weighted by Crippen LogP contribution is -2.69. The Hall–Kier alpha value is -3.79. The third kappa shape index (κ3) is 6.61. The van der Waals surface area contributed by atoms with Crippen LogP contribution in [0.3, 0.4) is 0 Å². The first kappa shape index (κ1) is 32.6. The molecule has 1 saturated carbocycles. The van der Waals surface area contributed by atoms with Gasteiger partial charge >= 0.3 is 5.97 Å². The second-order valence-corrected chi connectivity index (χ2v) is 17.8. The summed E-state index contributed by atoms with van der Waals surface area (Å²) in [6, 6.07) is 26.0. The molecule has 9 heteroatoms. The zero-order valence-electron chi connectivity index (χ0n) is 26.4. The summed E-state index contributed by atoms with van der Waals surface area (Å²) < 4.78 is 7.46. The van der Waals surface area contributed by atoms with Crippen LogP contribution in [0.15, 0.2) is 78.9 Å². The van der Waals surface area contributed by atoms with E-state index in [-0.39, 0.29) is 48.4 Å². The van der Waals surface area contributed by atoms with Gasteiger partial charge in [-0.2, -0.15) is 0 Å². The molecule has 1 fully saturated rings. The number of carboxylic acid groups (broad SMARTS) is 1. The molecule has 0 unspecified atom stereocenters. The van der Waals surface area contributed by atoms with Crippen molar-refractivity contribution in [2.75, 3.05) is 0 Å². The van der Waals surface area contributed by atoms with Crippen LogP contribution < -0.4 is 21.8 Å². The van der Waals surface area contributed by atoms with E-state index < -0.39 is 26.2 Å². The first-order chi connectivity index (χ1) is 21.4. The Morgan fingerprint density at radius 2 is 1.62 bits per heavy atom. The molecular weight excluding hydrogens is 582 g/mol. The minimum Gasteiger partial charge on any atom is -0.481 e. The molecule has 5 rings (SSSR count). The molecule has 4 atom stereocenters. The van der Waals surface area contributed by atoms with Crippen molar-refractivity contribution in [2.24, 2.45) is 17.4 Å². The molecule has 1 aliphatic heterocycles. The van der Waals surface area contributed by atoms with Crippen molar-refractivity contribution in [3.05, 3.63) is 95.6 Å². The number of rotatable bonds is 11. The van der Waals surface area contributed by atoms with Gasteiger partial charge < -0.3 is 25.9 Å². The SMILES string of the molecule is CC(C)(C)[Si](O[C@H]1CCC[C@H](Cc2ccc3c(c2)CN([C@@H](CCC(=O)O)C(N)=O)C3=O)[C@H]1N)(c1ccccc1)c1ccccc1. The van der Waals surface area contributed by atoms with E-state index in [0.29, 0.717) is 5.56 Å². The van der Waals surface area contributed by atoms with Crippen molar-refractivity contribution in [2.45, 2.75) is 89.1 Å². The Bertz CT molecular complexity index is 1490. The number of aliphatic carboxylic acids is 1. The maximum atomic E-state index is 13.2. The summed E-state index contributed by atoms with van der Waals surface area (Å²) in [7, 11) is -2.76. The number of hydrogen-bond acceptors (Lipinski definition) is 5. The number of carbonyl (C=O) groups is 3. The lowest BCUT2D eigenvalue weighted by Gasteiger charge is -2.48. The van der Waals surface area contributed by atoms with Crippen molar-refractivity contribution >= 4 is 36.5 Å². The van der Waals surface area contributed by atoms with Gasteiger partial charge in [0.25, 0.3) is 14.2 Å². The van der Waals surface area contributed by atoms with Crippen LogP contribution in [0.2, 0.25) is 5.04 Å². The number of nitrogens with two attached hydrogens (primary N) is 2. The number of fused-ring (bicyclic) bond motifs is 1. The van der Waals surface area contributed by atoms with Crippen molar-refractivity contribution in [1.29, 1.82) is 0 Å². The second kappa shape index (κ2) is 13.3. The van der Waals surface area contributed by atoms with Gasteiger partial charge in [0, 0.05) is 24.6 Å². The van der Waals surface area contributed by atoms with Crippen LogP contribution in [0.25, 0.3) is 0 Å². The largest absolute Gasteiger partial charge is 0.481 e. The molecule has 0 aromatic heterocycles. The molecule has 1 aliphatic carbocycles. The van der Waals surface area contributed by atoms with E-state index in [1.165, 1.54) is 15.3 Å². The molecule has 8 nitrogen and oxygen atoms in total. The van der Waals surface area contributed by atoms with Gasteiger partial charge in [-0.15, -0.1) is 0 Å². The van der Waals surface area contributed by atoms with E-state index in [2.05, 4.69) is 69.3 Å². The van der Waals surface area contributed by atoms with Gasteiger partial charge in [-0.05, 0) is 64.2 Å². The monoisotopic (exact) mass is 627 g/mol. The van der Waals surface area contributed by atoms with Crippen LogP contribution >= 0.6 is 0 Å². The van der Waals surface area contributed by atoms with Gasteiger partial charge in [0.2, 0.25) is 5.91 Å². The molecule has 0 radical (unpaired) electrons. The standard InChI is InChI=1S/C36H45N3O5Si/c1-36(2,3)45(27-12-6-4-7-13-27,28-14-8-5-9-15-28)44-31-16-10-11-25(33(31)37)21-24-17-18-29-26(22-24)23-39(35(29)43)30(34(38)42)19-20-32(40)41/h4-9,12-15,17-18,22,25,30-31,33H,10-11,16,19-21,23,37H2,1-3H3,(H2,38,42)(H,40,41)/t25-,30+,31+,33-/m1/s1. The molecule has 3 aromatic rings. The zero-order valence-corrected chi connectivity index (χ0v) is 27.4. The van der Waals surface area contributed by atoms with Crippen molar-refractivity contribution < 1.29 is 23.9 Å². The number of benzene rings is 3. The van der Waals surface area contributed by atoms with E-state index in [9.17, 15) is 14.4 Å². The maximum absolute atomic E-state index is 13.2. The normalized spacial score (nSPS) is 20.9. The van der Waals surface area contributed by atoms with Crippen LogP contribution in [0.1, 0.15) is 74.4 Å². The van der Waals surface area contributed by atoms with E-state index in [4.69, 9.17) is 21.0 Å². The Kier molecular flexibility index (Phi) is 9.62. The molecule has 0 spiro atoms. The molecule has 2 aliphatic rings. The quantitative estimate of drug-likeness (QED) is 0.275. The zero-order chi connectivity index (χ0) is 32.4. The molecular formula is C36H45N3O5Si. The fourth-order valence-corrected chi connectivity index (χ4v) is 12.1. The van der Waals surface area contributed by atoms with E-state index in [1.807, 2.05) is 30.3 Å². The third-order valence-corrected chi connectivity index (χ3v) is 14.7. The highest BCUT2D eigenvalue weighted by molar-refractivity contribution is 6.99. The minimum atomic E-state index is -2.76. The number of carboxylic acids is 1. The van der Waals surface area contributed by atoms with Crippen LogP contribution in [-0.2, 0) is 27.0 Å². The summed E-state index contributed by atoms with van der Waals surface area (Å²) in [6.07, 6.45) is 3.30. The topological polar surface area (TPSA) is 136 Å². The lowest BCUT2D eigenvalue weighted by molar-refractivity contribution is -0.137. The summed E-state index contributed by atoms with van der Waals surface area (Å²) in [6.45, 7) is 7.07. The smallest absolute Gasteiger partial charge is 0.303 e. The number of amides is 2. The highest BCUT2D eigenvalue weighted by Crippen LogP contribution is 2.40. The second-order valence-electron chi connectivity index (χ2n) is 13.6. The average Bonchev–Trinajstić information content (AvgIpc) is 3.32. The van der Waals surface area contributed by atoms with Gasteiger partial charge in [-0.25, -0.2) is 0 Å². The molecule has 0 saturated heterocycles. The van der Waals surface area contributed by atoms with Gasteiger partial charge in [-0.1, -0.05) is 100.0 Å². The van der Waals surface area contributed by atoms with Crippen molar-refractivity contribution in [3.63, 3.8) is 0 Å². The number of hydrogen-bond donors (Lipinski definition) is 3. The van der Waals surface area contributed by atoms with E-state index >= 15 is 0 Å². The predicted octanol–water partition coefficient (Wildman–Crippen LogP) is 3.98. The van der Waals surface area contributed by atoms with Crippen LogP contribution in [0.5, 0.6) is 0 Å². The number of primary amides is 1. The highest BCUT2D eigenvalue weighted by atomic mass is 28.4. The lowest BCUT2D eigenvalue weighted by atomic mass is 9.79.